The summed E-state index contributed by atoms with van der Waals surface area (Å²) in [7, 11) is 4.75. The van der Waals surface area contributed by atoms with Gasteiger partial charge in [-0.2, -0.15) is 0 Å². The zero-order valence-corrected chi connectivity index (χ0v) is 15.2. The average molecular weight is 343 g/mol. The minimum Gasteiger partial charge on any atom is -0.493 e. The van der Waals surface area contributed by atoms with E-state index in [0.29, 0.717) is 36.6 Å². The minimum atomic E-state index is 0.0121. The van der Waals surface area contributed by atoms with Crippen molar-refractivity contribution in [3.8, 4) is 17.2 Å². The topological polar surface area (TPSA) is 56.8 Å². The van der Waals surface area contributed by atoms with Gasteiger partial charge in [-0.3, -0.25) is 4.79 Å². The van der Waals surface area contributed by atoms with E-state index in [-0.39, 0.29) is 5.91 Å². The first-order valence-electron chi connectivity index (χ1n) is 8.18. The Labute approximate surface area is 148 Å². The van der Waals surface area contributed by atoms with Crippen LogP contribution in [0.2, 0.25) is 0 Å². The number of ether oxygens (including phenoxy) is 3. The zero-order valence-electron chi connectivity index (χ0n) is 15.2. The van der Waals surface area contributed by atoms with Crippen LogP contribution in [0.1, 0.15) is 16.7 Å². The Bertz CT molecular complexity index is 702. The molecule has 0 radical (unpaired) electrons. The highest BCUT2D eigenvalue weighted by atomic mass is 16.5. The molecule has 5 heteroatoms. The summed E-state index contributed by atoms with van der Waals surface area (Å²) >= 11 is 0. The van der Waals surface area contributed by atoms with E-state index in [1.54, 1.807) is 21.3 Å². The quantitative estimate of drug-likeness (QED) is 0.801. The molecule has 0 bridgehead atoms. The fourth-order valence-corrected chi connectivity index (χ4v) is 2.70. The van der Waals surface area contributed by atoms with Crippen LogP contribution in [0.4, 0.5) is 0 Å². The van der Waals surface area contributed by atoms with Gasteiger partial charge in [-0.25, -0.2) is 0 Å². The van der Waals surface area contributed by atoms with Crippen LogP contribution in [0.5, 0.6) is 17.2 Å². The molecule has 2 aromatic rings. The van der Waals surface area contributed by atoms with Crippen LogP contribution in [0.3, 0.4) is 0 Å². The monoisotopic (exact) mass is 343 g/mol. The number of rotatable bonds is 8. The lowest BCUT2D eigenvalue weighted by atomic mass is 10.1. The van der Waals surface area contributed by atoms with E-state index >= 15 is 0 Å². The molecule has 0 aliphatic rings. The Balaban J connectivity index is 1.93. The van der Waals surface area contributed by atoms with Crippen molar-refractivity contribution < 1.29 is 19.0 Å². The summed E-state index contributed by atoms with van der Waals surface area (Å²) in [5.41, 5.74) is 3.18. The second-order valence-corrected chi connectivity index (χ2v) is 5.80. The van der Waals surface area contributed by atoms with Crippen LogP contribution < -0.4 is 19.5 Å². The second-order valence-electron chi connectivity index (χ2n) is 5.80. The molecule has 0 saturated carbocycles. The molecule has 0 atom stereocenters. The second kappa shape index (κ2) is 8.97. The van der Waals surface area contributed by atoms with Crippen molar-refractivity contribution in [2.45, 2.75) is 19.8 Å². The minimum absolute atomic E-state index is 0.0121. The van der Waals surface area contributed by atoms with Gasteiger partial charge in [0.05, 0.1) is 27.8 Å². The van der Waals surface area contributed by atoms with Crippen LogP contribution in [-0.4, -0.2) is 33.8 Å². The molecular formula is C20H25NO4. The van der Waals surface area contributed by atoms with Crippen LogP contribution in [0, 0.1) is 6.92 Å². The lowest BCUT2D eigenvalue weighted by Gasteiger charge is -2.14. The van der Waals surface area contributed by atoms with Gasteiger partial charge in [0.1, 0.15) is 0 Å². The fourth-order valence-electron chi connectivity index (χ4n) is 2.70. The summed E-state index contributed by atoms with van der Waals surface area (Å²) in [4.78, 5) is 12.1. The van der Waals surface area contributed by atoms with E-state index in [4.69, 9.17) is 14.2 Å². The number of hydrogen-bond donors (Lipinski definition) is 1. The Morgan fingerprint density at radius 3 is 2.20 bits per heavy atom. The molecule has 1 amide bonds. The van der Waals surface area contributed by atoms with E-state index in [0.717, 1.165) is 16.7 Å². The summed E-state index contributed by atoms with van der Waals surface area (Å²) in [6, 6.07) is 11.8. The third-order valence-corrected chi connectivity index (χ3v) is 3.91. The SMILES string of the molecule is COc1cc(CCNC(=O)Cc2cccc(C)c2)cc(OC)c1OC. The lowest BCUT2D eigenvalue weighted by molar-refractivity contribution is -0.120. The van der Waals surface area contributed by atoms with Crippen LogP contribution in [-0.2, 0) is 17.6 Å². The number of carbonyl (C=O) groups is 1. The highest BCUT2D eigenvalue weighted by Crippen LogP contribution is 2.38. The van der Waals surface area contributed by atoms with E-state index in [2.05, 4.69) is 5.32 Å². The van der Waals surface area contributed by atoms with Gasteiger partial charge >= 0.3 is 0 Å². The molecule has 1 N–H and O–H groups in total. The molecule has 134 valence electrons. The van der Waals surface area contributed by atoms with Gasteiger partial charge in [-0.1, -0.05) is 29.8 Å². The molecule has 2 rings (SSSR count). The van der Waals surface area contributed by atoms with Gasteiger partial charge in [0, 0.05) is 6.54 Å². The Hall–Kier alpha value is -2.69. The molecule has 0 fully saturated rings. The Morgan fingerprint density at radius 2 is 1.64 bits per heavy atom. The number of methoxy groups -OCH3 is 3. The largest absolute Gasteiger partial charge is 0.493 e. The van der Waals surface area contributed by atoms with Crippen molar-refractivity contribution in [2.75, 3.05) is 27.9 Å². The van der Waals surface area contributed by atoms with Gasteiger partial charge in [0.15, 0.2) is 11.5 Å². The van der Waals surface area contributed by atoms with Gasteiger partial charge in [-0.05, 0) is 36.6 Å². The van der Waals surface area contributed by atoms with Crippen LogP contribution >= 0.6 is 0 Å². The van der Waals surface area contributed by atoms with Crippen molar-refractivity contribution >= 4 is 5.91 Å². The molecule has 25 heavy (non-hydrogen) atoms. The summed E-state index contributed by atoms with van der Waals surface area (Å²) in [5, 5.41) is 2.95. The molecular weight excluding hydrogens is 318 g/mol. The first kappa shape index (κ1) is 18.6. The highest BCUT2D eigenvalue weighted by molar-refractivity contribution is 5.78. The van der Waals surface area contributed by atoms with Crippen LogP contribution in [0.25, 0.3) is 0 Å². The first-order chi connectivity index (χ1) is 12.1. The van der Waals surface area contributed by atoms with Gasteiger partial charge < -0.3 is 19.5 Å². The molecule has 5 nitrogen and oxygen atoms in total. The summed E-state index contributed by atoms with van der Waals surface area (Å²) in [5.74, 6) is 1.81. The maximum Gasteiger partial charge on any atom is 0.224 e. The maximum absolute atomic E-state index is 12.1. The molecule has 2 aromatic carbocycles. The van der Waals surface area contributed by atoms with Crippen molar-refractivity contribution in [3.63, 3.8) is 0 Å². The predicted octanol–water partition coefficient (Wildman–Crippen LogP) is 2.92. The Kier molecular flexibility index (Phi) is 6.69. The third kappa shape index (κ3) is 5.14. The smallest absolute Gasteiger partial charge is 0.224 e. The molecule has 0 saturated heterocycles. The van der Waals surface area contributed by atoms with Gasteiger partial charge in [0.2, 0.25) is 11.7 Å². The molecule has 0 spiro atoms. The number of nitrogens with one attached hydrogen (secondary N) is 1. The predicted molar refractivity (Wildman–Crippen MR) is 97.7 cm³/mol. The van der Waals surface area contributed by atoms with E-state index in [1.165, 1.54) is 0 Å². The summed E-state index contributed by atoms with van der Waals surface area (Å²) in [6.07, 6.45) is 1.06. The third-order valence-electron chi connectivity index (χ3n) is 3.91. The van der Waals surface area contributed by atoms with Crippen molar-refractivity contribution in [1.29, 1.82) is 0 Å². The fraction of sp³-hybridized carbons (Fsp3) is 0.350. The normalized spacial score (nSPS) is 10.2. The molecule has 0 heterocycles. The lowest BCUT2D eigenvalue weighted by Crippen LogP contribution is -2.27. The number of benzene rings is 2. The first-order valence-corrected chi connectivity index (χ1v) is 8.18. The van der Waals surface area contributed by atoms with Gasteiger partial charge in [0.25, 0.3) is 0 Å². The number of hydrogen-bond acceptors (Lipinski definition) is 4. The molecule has 0 unspecified atom stereocenters. The number of aryl methyl sites for hydroxylation is 1. The standard InChI is InChI=1S/C20H25NO4/c1-14-6-5-7-15(10-14)13-19(22)21-9-8-16-11-17(23-2)20(25-4)18(12-16)24-3/h5-7,10-12H,8-9,13H2,1-4H3,(H,21,22). The highest BCUT2D eigenvalue weighted by Gasteiger charge is 2.13. The van der Waals surface area contributed by atoms with E-state index < -0.39 is 0 Å². The van der Waals surface area contributed by atoms with Crippen molar-refractivity contribution in [1.82, 2.24) is 5.32 Å². The maximum atomic E-state index is 12.1. The van der Waals surface area contributed by atoms with Crippen molar-refractivity contribution in [2.24, 2.45) is 0 Å². The van der Waals surface area contributed by atoms with Crippen molar-refractivity contribution in [3.05, 3.63) is 53.1 Å². The zero-order chi connectivity index (χ0) is 18.2. The van der Waals surface area contributed by atoms with E-state index in [1.807, 2.05) is 43.3 Å². The Morgan fingerprint density at radius 1 is 0.960 bits per heavy atom. The number of amides is 1. The molecule has 0 aliphatic heterocycles. The number of carbonyl (C=O) groups excluding carboxylic acids is 1. The van der Waals surface area contributed by atoms with Gasteiger partial charge in [-0.15, -0.1) is 0 Å². The van der Waals surface area contributed by atoms with E-state index in [9.17, 15) is 4.79 Å². The summed E-state index contributed by atoms with van der Waals surface area (Å²) < 4.78 is 16.0. The average Bonchev–Trinajstić information content (AvgIpc) is 2.60. The van der Waals surface area contributed by atoms with Crippen LogP contribution in [0.15, 0.2) is 36.4 Å². The molecule has 0 aliphatic carbocycles. The summed E-state index contributed by atoms with van der Waals surface area (Å²) in [6.45, 7) is 2.56. The molecule has 0 aromatic heterocycles.